The second-order valence-electron chi connectivity index (χ2n) is 1.62. The van der Waals surface area contributed by atoms with Gasteiger partial charge in [0.25, 0.3) is 0 Å². The first kappa shape index (κ1) is 6450. The van der Waals surface area contributed by atoms with Gasteiger partial charge in [-0.3, -0.25) is 19.9 Å². The number of hydrogen-bond donors (Lipinski definition) is 2. The Balaban J connectivity index is -0.0000000000545. The van der Waals surface area contributed by atoms with E-state index in [1.54, 1.807) is 12.7 Å². The molecule has 0 spiro atoms. The first-order valence-electron chi connectivity index (χ1n) is 2.98. The molecule has 1044 valence electrons. The fourth-order valence-corrected chi connectivity index (χ4v) is 0.481. The van der Waals surface area contributed by atoms with Crippen LogP contribution >= 0.6 is 0 Å². The number of hydrogen-bond acceptors (Lipinski definition) is 4. The first-order valence-corrected chi connectivity index (χ1v) is 2.98. The molecule has 0 saturated heterocycles. The van der Waals surface area contributed by atoms with Crippen LogP contribution in [0.1, 0.15) is 0 Å². The van der Waals surface area contributed by atoms with Crippen molar-refractivity contribution in [2.75, 3.05) is 0 Å². The second kappa shape index (κ2) is 6330. The summed E-state index contributed by atoms with van der Waals surface area (Å²) >= 11 is 0. The molecular weight excluding hydrogens is 6120 g/mol. The van der Waals surface area contributed by atoms with Gasteiger partial charge in [-0.25, -0.2) is 0 Å². The molecule has 0 atom stereocenters. The molecule has 0 aromatic carbocycles. The average Bonchev–Trinajstić information content (AvgIpc) is 2.67. The van der Waals surface area contributed by atoms with Gasteiger partial charge in [-0.15, -0.1) is 0 Å². The molecule has 0 aliphatic carbocycles. The van der Waals surface area contributed by atoms with Crippen LogP contribution in [0.5, 0.6) is 0 Å². The maximum atomic E-state index is 2.81. The summed E-state index contributed by atoms with van der Waals surface area (Å²) in [5.74, 6) is 0. The largest absolute Gasteiger partial charge is 2.00 e. The maximum Gasteiger partial charge on any atom is 1.00 e. The van der Waals surface area contributed by atoms with Gasteiger partial charge in [0.05, 0.1) is 0 Å². The van der Waals surface area contributed by atoms with Crippen LogP contribution < -0.4 is 128 Å². The summed E-state index contributed by atoms with van der Waals surface area (Å²) in [7, 11) is 0. The van der Waals surface area contributed by atoms with Crippen molar-refractivity contribution in [1.29, 1.82) is 0 Å². The standard InChI is InChI=1S/2C3H4N2.2Bi.2Mn.4Na.40H2O.66O.20W/c2*1-2-5-3-4-1;;;;;;;;;;;;;;;;;;;;;;;;;;;;;;;;;;;;;;;;;;;;;;;;;;;;;;;;;;;;;;;;;;;;;;;;;;;;;;;;;;;;;;;;;;;;;;;;;;;;;;;;;;;;;;;;;;;;;;;;;;;;;;;;;;;;;;/h2*1-3H,(H,4,5);;;;;;;;;40*1H2;;;;;;;;;;;;;;;;;;;;;;;;;;;;;;;;;;;;;;;;;;;;;;;;;;;;;;;;;;;;;;;;;;;;;;;;;;;;;;;;;;;;;;/q;;;;;;4*+1;;;;;;;;;;;;;;;;;;;;;;;;;;;;;;;;;;;;;;;;;66*-2;;;;;;;;;;;;;;;;;;;;/p-2. The molecule has 80 N–H and O–H groups in total. The van der Waals surface area contributed by atoms with Crippen LogP contribution in [-0.2, 0) is 817 Å². The molecule has 0 unspecified atom stereocenters. The molecule has 0 bridgehead atoms. The normalized spacial score (nSPS) is 0.556. The predicted octanol–water partition coefficient (Wildman–Crippen LogP) is -51.4. The summed E-state index contributed by atoms with van der Waals surface area (Å²) in [6.07, 6.45) is 10.8. The Labute approximate surface area is 1240 Å². The molecule has 2 heterocycles. The molecule has 2 rings (SSSR count). The Morgan fingerprint density at radius 2 is 0.139 bits per heavy atom. The Kier molecular flexibility index (Phi) is 283000. The minimum absolute atomic E-state index is 0. The molecule has 138 heteroatoms. The fourth-order valence-electron chi connectivity index (χ4n) is 0.481. The topological polar surface area (TPSA) is 3190 Å². The van der Waals surface area contributed by atoms with Crippen molar-refractivity contribution in [3.63, 3.8) is 0 Å². The van der Waals surface area contributed by atoms with E-state index in [0.29, 0.717) is 0 Å². The zero-order valence-corrected chi connectivity index (χ0v) is 142. The van der Waals surface area contributed by atoms with E-state index in [4.69, 9.17) is 0 Å². The van der Waals surface area contributed by atoms with Crippen LogP contribution in [0, 0.1) is 0 Å². The van der Waals surface area contributed by atoms with E-state index < -0.39 is 0 Å². The van der Waals surface area contributed by atoms with Crippen molar-refractivity contribution < 1.29 is 1160 Å². The molecule has 0 amide bonds. The Bertz CT molecular complexity index is 337. The van der Waals surface area contributed by atoms with Crippen LogP contribution in [0.25, 0.3) is 0 Å². The Hall–Kier alpha value is 14.8. The summed E-state index contributed by atoms with van der Waals surface area (Å²) < 4.78 is 0. The van der Waals surface area contributed by atoms with Crippen LogP contribution in [0.15, 0.2) is 37.4 Å². The van der Waals surface area contributed by atoms with Gasteiger partial charge in [-0.1, -0.05) is 0 Å². The van der Waals surface area contributed by atoms with Crippen molar-refractivity contribution in [2.45, 2.75) is 0 Å². The van der Waals surface area contributed by atoms with Gasteiger partial charge >= 0.3 is 118 Å². The van der Waals surface area contributed by atoms with Crippen molar-refractivity contribution in [2.24, 2.45) is 0 Å². The van der Waals surface area contributed by atoms with Gasteiger partial charge in [-0.2, -0.15) is 0 Å². The maximum absolute atomic E-state index is 2.81. The van der Waals surface area contributed by atoms with Crippen molar-refractivity contribution in [3.8, 4) is 0 Å². The molecule has 110 nitrogen and oxygen atoms in total. The third-order valence-electron chi connectivity index (χ3n) is 0.885. The van der Waals surface area contributed by atoms with Crippen LogP contribution in [0.2, 0.25) is 0 Å². The van der Waals surface area contributed by atoms with Crippen molar-refractivity contribution in [3.05, 3.63) is 37.4 Å². The number of aromatic nitrogens is 4. The quantitative estimate of drug-likeness (QED) is 0.243. The number of aromatic amines is 4. The third-order valence-corrected chi connectivity index (χ3v) is 0.885. The van der Waals surface area contributed by atoms with Gasteiger partial charge in [0.2, 0.25) is 12.7 Å². The molecule has 8 radical (unpaired) electrons. The second-order valence-corrected chi connectivity index (χ2v) is 1.62. The molecule has 0 fully saturated rings. The smallest absolute Gasteiger partial charge is 1.00 e. The minimum Gasteiger partial charge on any atom is -2.00 e. The summed E-state index contributed by atoms with van der Waals surface area (Å²) in [6, 6.07) is 0. The Morgan fingerprint density at radius 3 is 0.146 bits per heavy atom. The van der Waals surface area contributed by atoms with Gasteiger partial charge in [-0.05, 0) is 0 Å². The monoisotopic (exact) mass is 6210 g/mol. The van der Waals surface area contributed by atoms with E-state index in [1.807, 2.05) is 24.8 Å². The first-order chi connectivity index (χ1) is 5.00. The van der Waals surface area contributed by atoms with E-state index in [1.165, 1.54) is 0 Å². The third kappa shape index (κ3) is 6210. The number of rotatable bonds is 0. The van der Waals surface area contributed by atoms with Crippen molar-refractivity contribution >= 4 is 52.4 Å². The van der Waals surface area contributed by atoms with Gasteiger partial charge < -0.3 is 580 Å². The number of H-pyrrole nitrogens is 4. The molecular formula is C6H86Bi2Mn2N4Na4O106W20-130. The van der Waals surface area contributed by atoms with E-state index in [2.05, 4.69) is 19.9 Å². The summed E-state index contributed by atoms with van der Waals surface area (Å²) in [5.41, 5.74) is 0. The zero-order chi connectivity index (χ0) is 7.07. The van der Waals surface area contributed by atoms with Crippen LogP contribution in [-0.4, -0.2) is 281 Å². The zero-order valence-electron chi connectivity index (χ0n) is 66.0. The summed E-state index contributed by atoms with van der Waals surface area (Å²) in [5, 5.41) is 0. The molecule has 2 aromatic heterocycles. The van der Waals surface area contributed by atoms with Gasteiger partial charge in [0.15, 0.2) is 0 Å². The van der Waals surface area contributed by atoms with E-state index in [-0.39, 0.29) is 1210 Å². The molecule has 2 aromatic rings. The van der Waals surface area contributed by atoms with E-state index >= 15 is 0 Å². The molecule has 0 aliphatic rings. The predicted molar refractivity (Wildman–Crippen MR) is 229 cm³/mol. The average molecular weight is 6210 g/mol. The van der Waals surface area contributed by atoms with Gasteiger partial charge in [0, 0.05) is 508 Å². The van der Waals surface area contributed by atoms with Gasteiger partial charge in [0.1, 0.15) is 24.8 Å². The van der Waals surface area contributed by atoms with E-state index in [0.717, 1.165) is 0 Å². The number of nitrogens with one attached hydrogen (secondary N) is 4. The molecule has 0 saturated carbocycles. The van der Waals surface area contributed by atoms with Crippen molar-refractivity contribution in [1.82, 2.24) is 9.97 Å². The fraction of sp³-hybridized carbons (Fsp3) is 0. The SMILES string of the molecule is O.O.O.O.O.O.O.O.O.O.O.O.O.O.O.O.O.O.O.O.O.O.O.O.O.O.O.O.O.O.O.O.O.O.O.O.[Bi].[Bi].[Mn].[Mn].[Na+].[Na+].[Na+].[Na+].[O-2].[O-2].[O-2].[O-2].[O-2].[O-2].[O-2].[O-2].[O-2].[O-2].[O-2].[O-2].[O-2].[O-2].[O-2].[O-2].[O-2].[O-2].[O-2].[O-2].[O-2].[O-2].[O-2].[O-2].[O-2].[O-2].[O-2].[O-2].[O-2].[O-2].[O-2].[O-2].[O-2].[O-2].[O-2].[O-2].[O-2].[O-2].[O-2].[O-2].[O-2].[O-2].[O-2].[O-2].[O-2].[O-2].[O-2].[O-2].[O-2].[O-2].[O-2].[O-2].[O-2].[O-2].[O-2].[O-2].[O-2].[O-2].[O-2].[O-2].[O-2].[O-2].[O-2].[O-2].[O-2].[O-2].[OH-].[OH-].[OH-].[OH-].[W].[W].[W].[W].[W].[W].[W].[W].[W].[W].[W].[W].[W].[W].[W].[W].[W].[W].[W].[W].c1c[nH+]c[nH]1.c1c[nH+]c[nH]1. The van der Waals surface area contributed by atoms with Crippen LogP contribution in [0.4, 0.5) is 0 Å². The Morgan fingerprint density at radius 1 is 0.104 bits per heavy atom. The number of imidazole rings is 2. The van der Waals surface area contributed by atoms with E-state index in [9.17, 15) is 0 Å². The molecule has 0 aliphatic heterocycles. The minimum atomic E-state index is 0. The summed E-state index contributed by atoms with van der Waals surface area (Å²) in [6.45, 7) is 0. The summed E-state index contributed by atoms with van der Waals surface area (Å²) in [4.78, 5) is 11.2. The van der Waals surface area contributed by atoms with Crippen LogP contribution in [0.3, 0.4) is 0 Å². The molecule has 144 heavy (non-hydrogen) atoms.